The second kappa shape index (κ2) is 12.6. The molecule has 1 aromatic heterocycles. The normalized spacial score (nSPS) is 16.5. The molecule has 60 heavy (non-hydrogen) atoms. The summed E-state index contributed by atoms with van der Waals surface area (Å²) in [5, 5.41) is 20.1. The molecule has 0 N–H and O–H groups in total. The first kappa shape index (κ1) is 34.7. The molecule has 12 rings (SSSR count). The molecule has 3 aliphatic carbocycles. The zero-order chi connectivity index (χ0) is 40.3. The van der Waals surface area contributed by atoms with Gasteiger partial charge < -0.3 is 0 Å². The summed E-state index contributed by atoms with van der Waals surface area (Å²) in [5.41, 5.74) is 13.9. The molecule has 1 atom stereocenters. The third-order valence-corrected chi connectivity index (χ3v) is 13.6. The summed E-state index contributed by atoms with van der Waals surface area (Å²) in [6.45, 7) is 6.80. The predicted octanol–water partition coefficient (Wildman–Crippen LogP) is 14.8. The molecule has 0 saturated carbocycles. The van der Waals surface area contributed by atoms with E-state index in [1.807, 2.05) is 0 Å². The van der Waals surface area contributed by atoms with Crippen LogP contribution in [-0.2, 0) is 10.8 Å². The van der Waals surface area contributed by atoms with Crippen LogP contribution in [0.15, 0.2) is 181 Å². The maximum atomic E-state index is 10.4. The Labute approximate surface area is 350 Å². The van der Waals surface area contributed by atoms with E-state index in [1.165, 1.54) is 87.8 Å². The van der Waals surface area contributed by atoms with Crippen LogP contribution in [0.3, 0.4) is 0 Å². The van der Waals surface area contributed by atoms with Crippen molar-refractivity contribution >= 4 is 65.9 Å². The van der Waals surface area contributed by atoms with Crippen molar-refractivity contribution in [1.82, 2.24) is 4.98 Å². The third-order valence-electron chi connectivity index (χ3n) is 13.6. The molecule has 0 saturated heterocycles. The first-order valence-electron chi connectivity index (χ1n) is 21.1. The van der Waals surface area contributed by atoms with Crippen LogP contribution in [0.25, 0.3) is 59.8 Å². The highest BCUT2D eigenvalue weighted by molar-refractivity contribution is 6.25. The van der Waals surface area contributed by atoms with Gasteiger partial charge in [-0.05, 0) is 142 Å². The maximum Gasteiger partial charge on any atom is 0.138 e. The topological polar surface area (TPSA) is 39.9 Å². The highest BCUT2D eigenvalue weighted by Gasteiger charge is 2.53. The van der Waals surface area contributed by atoms with E-state index in [9.17, 15) is 5.26 Å². The molecule has 1 spiro atoms. The van der Waals surface area contributed by atoms with Gasteiger partial charge in [0.05, 0.1) is 11.5 Å². The Hall–Kier alpha value is -7.28. The first-order chi connectivity index (χ1) is 29.3. The molecular weight excluding hydrogens is 727 g/mol. The van der Waals surface area contributed by atoms with Crippen molar-refractivity contribution < 1.29 is 0 Å². The number of benzene rings is 8. The van der Waals surface area contributed by atoms with E-state index >= 15 is 0 Å². The lowest BCUT2D eigenvalue weighted by atomic mass is 9.68. The number of hydrogen-bond acceptors (Lipinski definition) is 3. The zero-order valence-electron chi connectivity index (χ0n) is 33.9. The van der Waals surface area contributed by atoms with E-state index in [4.69, 9.17) is 4.98 Å². The van der Waals surface area contributed by atoms with Gasteiger partial charge in [-0.25, -0.2) is 4.98 Å². The fourth-order valence-electron chi connectivity index (χ4n) is 10.9. The van der Waals surface area contributed by atoms with E-state index < -0.39 is 5.41 Å². The average Bonchev–Trinajstić information content (AvgIpc) is 3.76. The Kier molecular flexibility index (Phi) is 7.30. The lowest BCUT2D eigenvalue weighted by molar-refractivity contribution is 0.590. The van der Waals surface area contributed by atoms with Gasteiger partial charge in [-0.15, -0.1) is 0 Å². The molecule has 3 aliphatic rings. The monoisotopic (exact) mass is 767 g/mol. The molecule has 3 nitrogen and oxygen atoms in total. The second-order valence-corrected chi connectivity index (χ2v) is 17.7. The molecule has 3 heteroatoms. The van der Waals surface area contributed by atoms with Crippen LogP contribution in [0, 0.1) is 11.3 Å². The molecule has 284 valence electrons. The summed E-state index contributed by atoms with van der Waals surface area (Å²) in [6.07, 6.45) is 5.88. The number of hydrogen-bond donors (Lipinski definition) is 0. The zero-order valence-corrected chi connectivity index (χ0v) is 33.9. The van der Waals surface area contributed by atoms with Crippen molar-refractivity contribution in [3.8, 4) is 17.2 Å². The van der Waals surface area contributed by atoms with Crippen LogP contribution in [0.4, 0.5) is 17.2 Å². The Bertz CT molecular complexity index is 3390. The molecule has 0 aliphatic heterocycles. The first-order valence-corrected chi connectivity index (χ1v) is 21.1. The number of anilines is 3. The minimum atomic E-state index is -0.590. The number of fused-ring (bicyclic) bond motifs is 17. The molecule has 9 aromatic rings. The summed E-state index contributed by atoms with van der Waals surface area (Å²) in [4.78, 5) is 7.69. The summed E-state index contributed by atoms with van der Waals surface area (Å²) >= 11 is 0. The molecule has 1 heterocycles. The van der Waals surface area contributed by atoms with E-state index in [0.29, 0.717) is 0 Å². The highest BCUT2D eigenvalue weighted by atomic mass is 15.2. The van der Waals surface area contributed by atoms with Gasteiger partial charge in [0.25, 0.3) is 0 Å². The smallest absolute Gasteiger partial charge is 0.138 e. The Morgan fingerprint density at radius 1 is 0.567 bits per heavy atom. The van der Waals surface area contributed by atoms with Crippen molar-refractivity contribution in [1.29, 1.82) is 5.26 Å². The SMILES string of the molecule is CC(C)(C)c1ccc(N(c2ccc3c(c2)C2(C4=C3CCC(C#N)=C4)c3ccccc3-c3c2ccc2ccccc32)c2cc3c4ccccc4c4ccccc4c3cn2)cc1. The molecule has 8 aromatic carbocycles. The van der Waals surface area contributed by atoms with Crippen molar-refractivity contribution in [2.24, 2.45) is 0 Å². The van der Waals surface area contributed by atoms with Gasteiger partial charge in [0, 0.05) is 28.5 Å². The van der Waals surface area contributed by atoms with E-state index in [-0.39, 0.29) is 5.41 Å². The Morgan fingerprint density at radius 2 is 1.22 bits per heavy atom. The molecular formula is C57H41N3. The molecule has 0 fully saturated rings. The van der Waals surface area contributed by atoms with Gasteiger partial charge in [-0.3, -0.25) is 4.90 Å². The Morgan fingerprint density at radius 3 is 1.95 bits per heavy atom. The van der Waals surface area contributed by atoms with E-state index in [0.717, 1.165) is 41.0 Å². The standard InChI is InChI=1S/C57H41N3/c1-56(2,3)37-22-24-38(25-23-37)60(54-32-48-43-16-8-6-14-41(43)42-15-7-9-17-44(42)49(48)34-59-54)39-26-28-46-45-27-20-35(33-58)30-52(45)57(53(46)31-39)50-19-11-10-18-47(50)55-40-13-5-4-12-36(40)21-29-51(55)57/h4-19,21-26,28-32,34H,20,27H2,1-3H3. The number of aromatic nitrogens is 1. The highest BCUT2D eigenvalue weighted by Crippen LogP contribution is 2.65. The number of nitriles is 1. The van der Waals surface area contributed by atoms with Crippen molar-refractivity contribution in [2.45, 2.75) is 44.4 Å². The minimum absolute atomic E-state index is 0.0123. The van der Waals surface area contributed by atoms with Gasteiger partial charge in [-0.2, -0.15) is 5.26 Å². The quantitative estimate of drug-likeness (QED) is 0.168. The van der Waals surface area contributed by atoms with Crippen LogP contribution in [0.1, 0.15) is 61.4 Å². The van der Waals surface area contributed by atoms with Crippen LogP contribution in [0.5, 0.6) is 0 Å². The van der Waals surface area contributed by atoms with Crippen LogP contribution < -0.4 is 4.90 Å². The maximum absolute atomic E-state index is 10.4. The van der Waals surface area contributed by atoms with E-state index in [2.05, 4.69) is 202 Å². The summed E-state index contributed by atoms with van der Waals surface area (Å²) in [6, 6.07) is 60.8. The molecule has 0 amide bonds. The largest absolute Gasteiger partial charge is 0.295 e. The fourth-order valence-corrected chi connectivity index (χ4v) is 10.9. The van der Waals surface area contributed by atoms with Gasteiger partial charge in [-0.1, -0.05) is 148 Å². The second-order valence-electron chi connectivity index (χ2n) is 17.7. The molecule has 0 bridgehead atoms. The van der Waals surface area contributed by atoms with E-state index in [1.54, 1.807) is 0 Å². The summed E-state index contributed by atoms with van der Waals surface area (Å²) < 4.78 is 0. The van der Waals surface area contributed by atoms with Crippen LogP contribution in [0.2, 0.25) is 0 Å². The van der Waals surface area contributed by atoms with Crippen molar-refractivity contribution in [3.05, 3.63) is 209 Å². The number of allylic oxidation sites excluding steroid dienone is 4. The van der Waals surface area contributed by atoms with Gasteiger partial charge in [0.2, 0.25) is 0 Å². The van der Waals surface area contributed by atoms with Crippen molar-refractivity contribution in [2.75, 3.05) is 4.90 Å². The number of nitrogens with zero attached hydrogens (tertiary/aromatic N) is 3. The van der Waals surface area contributed by atoms with Gasteiger partial charge in [0.15, 0.2) is 0 Å². The third kappa shape index (κ3) is 4.74. The summed E-state index contributed by atoms with van der Waals surface area (Å²) in [7, 11) is 0. The molecule has 0 radical (unpaired) electrons. The Balaban J connectivity index is 1.15. The molecule has 1 unspecified atom stereocenters. The average molecular weight is 768 g/mol. The number of rotatable bonds is 3. The van der Waals surface area contributed by atoms with Gasteiger partial charge in [0.1, 0.15) is 5.82 Å². The fraction of sp³-hybridized carbons (Fsp3) is 0.123. The predicted molar refractivity (Wildman–Crippen MR) is 249 cm³/mol. The lowest BCUT2D eigenvalue weighted by Crippen LogP contribution is -2.27. The number of pyridine rings is 1. The lowest BCUT2D eigenvalue weighted by Gasteiger charge is -2.33. The minimum Gasteiger partial charge on any atom is -0.295 e. The van der Waals surface area contributed by atoms with Crippen molar-refractivity contribution in [3.63, 3.8) is 0 Å². The van der Waals surface area contributed by atoms with Crippen LogP contribution >= 0.6 is 0 Å². The van der Waals surface area contributed by atoms with Crippen LogP contribution in [-0.4, -0.2) is 4.98 Å². The van der Waals surface area contributed by atoms with Gasteiger partial charge >= 0.3 is 0 Å². The summed E-state index contributed by atoms with van der Waals surface area (Å²) in [5.74, 6) is 0.862.